The van der Waals surface area contributed by atoms with E-state index in [9.17, 15) is 0 Å². The van der Waals surface area contributed by atoms with E-state index in [-0.39, 0.29) is 6.04 Å². The van der Waals surface area contributed by atoms with Gasteiger partial charge in [0, 0.05) is 21.4 Å². The minimum absolute atomic E-state index is 0.0710. The van der Waals surface area contributed by atoms with Crippen molar-refractivity contribution in [1.82, 2.24) is 4.98 Å². The summed E-state index contributed by atoms with van der Waals surface area (Å²) in [5, 5.41) is 0.520. The fourth-order valence-corrected chi connectivity index (χ4v) is 2.09. The second-order valence-corrected chi connectivity index (χ2v) is 4.09. The molecule has 0 fully saturated rings. The van der Waals surface area contributed by atoms with Crippen LogP contribution in [0.4, 0.5) is 0 Å². The second-order valence-electron chi connectivity index (χ2n) is 2.54. The highest BCUT2D eigenvalue weighted by Crippen LogP contribution is 2.21. The van der Waals surface area contributed by atoms with E-state index in [1.54, 1.807) is 6.20 Å². The van der Waals surface area contributed by atoms with Crippen molar-refractivity contribution >= 4 is 34.2 Å². The monoisotopic (exact) mass is 296 g/mol. The van der Waals surface area contributed by atoms with Gasteiger partial charge in [0.05, 0.1) is 0 Å². The van der Waals surface area contributed by atoms with Crippen molar-refractivity contribution in [3.63, 3.8) is 0 Å². The Labute approximate surface area is 90.7 Å². The number of pyridine rings is 1. The molecule has 0 aromatic carbocycles. The Balaban J connectivity index is 3.01. The van der Waals surface area contributed by atoms with Crippen molar-refractivity contribution in [3.8, 4) is 0 Å². The molecule has 0 spiro atoms. The molecular weight excluding hydrogens is 286 g/mol. The van der Waals surface area contributed by atoms with Crippen molar-refractivity contribution < 1.29 is 0 Å². The lowest BCUT2D eigenvalue weighted by Crippen LogP contribution is -2.10. The highest BCUT2D eigenvalue weighted by atomic mass is 127. The molecule has 1 aromatic rings. The third kappa shape index (κ3) is 2.31. The summed E-state index contributed by atoms with van der Waals surface area (Å²) in [4.78, 5) is 3.99. The Kier molecular flexibility index (Phi) is 3.74. The van der Waals surface area contributed by atoms with Gasteiger partial charge in [0.25, 0.3) is 0 Å². The number of nitrogens with two attached hydrogens (primary N) is 1. The largest absolute Gasteiger partial charge is 0.324 e. The molecule has 66 valence electrons. The van der Waals surface area contributed by atoms with E-state index in [0.717, 1.165) is 15.6 Å². The molecule has 1 aromatic heterocycles. The SMILES string of the molecule is CC[C@H](N)c1cnc(Cl)cc1I. The normalized spacial score (nSPS) is 13.0. The van der Waals surface area contributed by atoms with Crippen LogP contribution < -0.4 is 5.73 Å². The van der Waals surface area contributed by atoms with E-state index in [4.69, 9.17) is 17.3 Å². The van der Waals surface area contributed by atoms with Gasteiger partial charge in [-0.3, -0.25) is 0 Å². The maximum absolute atomic E-state index is 5.86. The predicted molar refractivity (Wildman–Crippen MR) is 59.2 cm³/mol. The van der Waals surface area contributed by atoms with Gasteiger partial charge in [0.2, 0.25) is 0 Å². The fourth-order valence-electron chi connectivity index (χ4n) is 0.911. The summed E-state index contributed by atoms with van der Waals surface area (Å²) < 4.78 is 1.09. The van der Waals surface area contributed by atoms with Crippen LogP contribution in [0.25, 0.3) is 0 Å². The molecule has 2 nitrogen and oxygen atoms in total. The van der Waals surface area contributed by atoms with Crippen LogP contribution in [0, 0.1) is 3.57 Å². The van der Waals surface area contributed by atoms with Crippen molar-refractivity contribution in [2.75, 3.05) is 0 Å². The third-order valence-corrected chi connectivity index (χ3v) is 2.83. The van der Waals surface area contributed by atoms with Crippen LogP contribution in [0.3, 0.4) is 0 Å². The zero-order chi connectivity index (χ0) is 9.14. The Bertz CT molecular complexity index is 278. The van der Waals surface area contributed by atoms with Crippen LogP contribution in [0.1, 0.15) is 24.9 Å². The molecule has 0 aliphatic rings. The second kappa shape index (κ2) is 4.39. The van der Waals surface area contributed by atoms with Crippen molar-refractivity contribution in [2.24, 2.45) is 5.73 Å². The van der Waals surface area contributed by atoms with Crippen molar-refractivity contribution in [2.45, 2.75) is 19.4 Å². The molecule has 12 heavy (non-hydrogen) atoms. The van der Waals surface area contributed by atoms with Gasteiger partial charge < -0.3 is 5.73 Å². The molecule has 1 atom stereocenters. The van der Waals surface area contributed by atoms with Crippen LogP contribution in [0.2, 0.25) is 5.15 Å². The van der Waals surface area contributed by atoms with Crippen LogP contribution in [-0.4, -0.2) is 4.98 Å². The van der Waals surface area contributed by atoms with Crippen LogP contribution in [0.5, 0.6) is 0 Å². The molecule has 0 unspecified atom stereocenters. The van der Waals surface area contributed by atoms with Gasteiger partial charge in [-0.15, -0.1) is 0 Å². The van der Waals surface area contributed by atoms with E-state index < -0.39 is 0 Å². The van der Waals surface area contributed by atoms with Gasteiger partial charge >= 0.3 is 0 Å². The summed E-state index contributed by atoms with van der Waals surface area (Å²) in [7, 11) is 0. The highest BCUT2D eigenvalue weighted by Gasteiger charge is 2.08. The fraction of sp³-hybridized carbons (Fsp3) is 0.375. The molecule has 0 aliphatic carbocycles. The molecule has 4 heteroatoms. The van der Waals surface area contributed by atoms with E-state index in [2.05, 4.69) is 34.5 Å². The minimum Gasteiger partial charge on any atom is -0.324 e. The third-order valence-electron chi connectivity index (χ3n) is 1.69. The van der Waals surface area contributed by atoms with Gasteiger partial charge in [-0.1, -0.05) is 18.5 Å². The minimum atomic E-state index is 0.0710. The van der Waals surface area contributed by atoms with Gasteiger partial charge in [0.1, 0.15) is 5.15 Å². The lowest BCUT2D eigenvalue weighted by atomic mass is 10.1. The van der Waals surface area contributed by atoms with Crippen molar-refractivity contribution in [1.29, 1.82) is 0 Å². The lowest BCUT2D eigenvalue weighted by molar-refractivity contribution is 0.691. The molecule has 1 rings (SSSR count). The summed E-state index contributed by atoms with van der Waals surface area (Å²) in [6, 6.07) is 1.90. The molecule has 2 N–H and O–H groups in total. The van der Waals surface area contributed by atoms with Crippen molar-refractivity contribution in [3.05, 3.63) is 26.5 Å². The summed E-state index contributed by atoms with van der Waals surface area (Å²) in [6.07, 6.45) is 2.66. The van der Waals surface area contributed by atoms with Crippen LogP contribution in [-0.2, 0) is 0 Å². The van der Waals surface area contributed by atoms with Gasteiger partial charge in [-0.25, -0.2) is 4.98 Å². The van der Waals surface area contributed by atoms with Crippen LogP contribution in [0.15, 0.2) is 12.3 Å². The number of rotatable bonds is 2. The van der Waals surface area contributed by atoms with Gasteiger partial charge in [0.15, 0.2) is 0 Å². The quantitative estimate of drug-likeness (QED) is 0.673. The lowest BCUT2D eigenvalue weighted by Gasteiger charge is -2.10. The molecule has 1 heterocycles. The average molecular weight is 297 g/mol. The number of hydrogen-bond acceptors (Lipinski definition) is 2. The van der Waals surface area contributed by atoms with E-state index in [1.165, 1.54) is 0 Å². The Morgan fingerprint density at radius 2 is 2.42 bits per heavy atom. The number of aromatic nitrogens is 1. The van der Waals surface area contributed by atoms with E-state index >= 15 is 0 Å². The molecule has 0 bridgehead atoms. The van der Waals surface area contributed by atoms with Crippen LogP contribution >= 0.6 is 34.2 Å². The summed E-state index contributed by atoms with van der Waals surface area (Å²) in [5.41, 5.74) is 6.93. The average Bonchev–Trinajstić information content (AvgIpc) is 2.03. The first-order valence-corrected chi connectivity index (χ1v) is 5.17. The molecular formula is C8H10ClIN2. The predicted octanol–water partition coefficient (Wildman–Crippen LogP) is 2.75. The molecule has 0 radical (unpaired) electrons. The zero-order valence-electron chi connectivity index (χ0n) is 6.72. The molecule has 0 saturated heterocycles. The number of nitrogens with zero attached hydrogens (tertiary/aromatic N) is 1. The molecule has 0 amide bonds. The van der Waals surface area contributed by atoms with E-state index in [1.807, 2.05) is 6.07 Å². The topological polar surface area (TPSA) is 38.9 Å². The first-order valence-electron chi connectivity index (χ1n) is 3.71. The number of halogens is 2. The maximum atomic E-state index is 5.86. The molecule has 0 aliphatic heterocycles. The number of hydrogen-bond donors (Lipinski definition) is 1. The Morgan fingerprint density at radius 3 is 2.92 bits per heavy atom. The Hall–Kier alpha value is 0.130. The smallest absolute Gasteiger partial charge is 0.130 e. The van der Waals surface area contributed by atoms with Gasteiger partial charge in [-0.05, 0) is 35.1 Å². The Morgan fingerprint density at radius 1 is 1.75 bits per heavy atom. The summed E-state index contributed by atoms with van der Waals surface area (Å²) in [6.45, 7) is 2.05. The maximum Gasteiger partial charge on any atom is 0.130 e. The summed E-state index contributed by atoms with van der Waals surface area (Å²) >= 11 is 7.93. The summed E-state index contributed by atoms with van der Waals surface area (Å²) in [5.74, 6) is 0. The standard InChI is InChI=1S/C8H10ClIN2/c1-2-7(11)5-4-12-8(9)3-6(5)10/h3-4,7H,2,11H2,1H3/t7-/m0/s1. The zero-order valence-corrected chi connectivity index (χ0v) is 9.63. The van der Waals surface area contributed by atoms with E-state index in [0.29, 0.717) is 5.15 Å². The first kappa shape index (κ1) is 10.2. The first-order chi connectivity index (χ1) is 5.65. The van der Waals surface area contributed by atoms with Gasteiger partial charge in [-0.2, -0.15) is 0 Å². The highest BCUT2D eigenvalue weighted by molar-refractivity contribution is 14.1. The molecule has 0 saturated carbocycles.